The number of H-pyrrole nitrogens is 1. The smallest absolute Gasteiger partial charge is 0.355 e. The topological polar surface area (TPSA) is 131 Å². The highest BCUT2D eigenvalue weighted by Gasteiger charge is 2.22. The number of ketones is 1. The number of aromatic amines is 1. The quantitative estimate of drug-likeness (QED) is 0.356. The highest BCUT2D eigenvalue weighted by atomic mass is 35.5. The number of nitrogens with zero attached hydrogens (tertiary/aromatic N) is 3. The first-order valence-corrected chi connectivity index (χ1v) is 13.1. The lowest BCUT2D eigenvalue weighted by Gasteiger charge is -2.21. The van der Waals surface area contributed by atoms with Crippen LogP contribution in [0.15, 0.2) is 86.1 Å². The minimum atomic E-state index is -0.868. The van der Waals surface area contributed by atoms with E-state index in [0.717, 1.165) is 15.4 Å². The molecule has 0 aliphatic heterocycles. The summed E-state index contributed by atoms with van der Waals surface area (Å²) in [6, 6.07) is 8.50. The summed E-state index contributed by atoms with van der Waals surface area (Å²) in [5, 5.41) is 7.41. The molecular weight excluding hydrogens is 539 g/mol. The molecule has 1 aliphatic rings. The summed E-state index contributed by atoms with van der Waals surface area (Å²) in [6.45, 7) is 5.49. The second-order valence-electron chi connectivity index (χ2n) is 9.24. The van der Waals surface area contributed by atoms with Crippen LogP contribution in [0.1, 0.15) is 31.9 Å². The number of hydrogen-bond acceptors (Lipinski definition) is 7. The summed E-state index contributed by atoms with van der Waals surface area (Å²) >= 11 is 6.24. The largest absolute Gasteiger partial charge is 0.382 e. The molecule has 0 amide bonds. The van der Waals surface area contributed by atoms with E-state index in [9.17, 15) is 19.2 Å². The van der Waals surface area contributed by atoms with Crippen molar-refractivity contribution in [1.82, 2.24) is 24.4 Å². The number of halogens is 1. The lowest BCUT2D eigenvalue weighted by atomic mass is 10.0. The van der Waals surface area contributed by atoms with Crippen molar-refractivity contribution in [2.24, 2.45) is 0 Å². The third-order valence-corrected chi connectivity index (χ3v) is 6.40. The molecule has 0 saturated heterocycles. The molecule has 12 heteroatoms. The fourth-order valence-corrected chi connectivity index (χ4v) is 4.86. The number of anilines is 1. The third-order valence-electron chi connectivity index (χ3n) is 5.85. The molecule has 39 heavy (non-hydrogen) atoms. The van der Waals surface area contributed by atoms with E-state index in [1.54, 1.807) is 24.3 Å². The Morgan fingerprint density at radius 2 is 1.85 bits per heavy atom. The SMILES string of the molecule is C/C=C1/C=C(Nc2nc(=O)n(Cc3ccc[nH]c3=O)c(=O)n2Cc2cc(P)cc(Cl)c2)C(=O)C=C1NC(C)C. The number of carbonyl (C=O) groups is 1. The standard InChI is InChI=1S/C27H28ClN6O4P/c1-4-17-10-22(23(35)12-21(17)30-15(2)3)31-25-32-26(37)34(14-18-6-5-7-29-24(18)36)27(38)33(25)13-16-8-19(28)11-20(39)9-16/h4-12,15,30H,13-14,39H2,1-3H3,(H,29,36)(H,31,32,37)/b17-4-. The molecule has 4 rings (SSSR count). The average molecular weight is 567 g/mol. The Labute approximate surface area is 231 Å². The van der Waals surface area contributed by atoms with Crippen molar-refractivity contribution in [2.45, 2.75) is 39.9 Å². The van der Waals surface area contributed by atoms with Crippen LogP contribution in [0, 0.1) is 0 Å². The first kappa shape index (κ1) is 28.0. The number of rotatable bonds is 8. The van der Waals surface area contributed by atoms with Gasteiger partial charge in [0.1, 0.15) is 0 Å². The predicted molar refractivity (Wildman–Crippen MR) is 156 cm³/mol. The first-order chi connectivity index (χ1) is 18.5. The Hall–Kier alpha value is -4.01. The summed E-state index contributed by atoms with van der Waals surface area (Å²) in [6.07, 6.45) is 6.40. The average Bonchev–Trinajstić information content (AvgIpc) is 2.85. The van der Waals surface area contributed by atoms with Gasteiger partial charge in [-0.25, -0.2) is 14.2 Å². The zero-order valence-electron chi connectivity index (χ0n) is 21.6. The number of allylic oxidation sites excluding steroid dienone is 3. The van der Waals surface area contributed by atoms with E-state index >= 15 is 0 Å². The van der Waals surface area contributed by atoms with E-state index in [0.29, 0.717) is 16.3 Å². The van der Waals surface area contributed by atoms with Gasteiger partial charge in [0.2, 0.25) is 11.7 Å². The van der Waals surface area contributed by atoms with Crippen LogP contribution in [0.5, 0.6) is 0 Å². The number of pyridine rings is 1. The van der Waals surface area contributed by atoms with Crippen LogP contribution in [0.4, 0.5) is 5.95 Å². The highest BCUT2D eigenvalue weighted by Crippen LogP contribution is 2.21. The van der Waals surface area contributed by atoms with E-state index in [1.165, 1.54) is 22.9 Å². The summed E-state index contributed by atoms with van der Waals surface area (Å²) < 4.78 is 2.12. The Morgan fingerprint density at radius 1 is 1.08 bits per heavy atom. The number of carbonyl (C=O) groups excluding carboxylic acids is 1. The van der Waals surface area contributed by atoms with Crippen LogP contribution in [0.3, 0.4) is 0 Å². The molecule has 2 aromatic heterocycles. The first-order valence-electron chi connectivity index (χ1n) is 12.2. The van der Waals surface area contributed by atoms with E-state index < -0.39 is 16.9 Å². The maximum Gasteiger partial charge on any atom is 0.355 e. The van der Waals surface area contributed by atoms with Gasteiger partial charge in [-0.05, 0) is 67.6 Å². The van der Waals surface area contributed by atoms with Crippen LogP contribution in [0.2, 0.25) is 5.02 Å². The summed E-state index contributed by atoms with van der Waals surface area (Å²) in [7, 11) is 2.55. The van der Waals surface area contributed by atoms with E-state index in [2.05, 4.69) is 29.8 Å². The molecular formula is C27H28ClN6O4P. The molecule has 1 unspecified atom stereocenters. The van der Waals surface area contributed by atoms with Crippen LogP contribution in [-0.4, -0.2) is 30.9 Å². The lowest BCUT2D eigenvalue weighted by molar-refractivity contribution is -0.111. The van der Waals surface area contributed by atoms with Crippen LogP contribution < -0.4 is 32.9 Å². The van der Waals surface area contributed by atoms with Gasteiger partial charge in [-0.1, -0.05) is 23.7 Å². The zero-order valence-corrected chi connectivity index (χ0v) is 23.5. The molecule has 202 valence electrons. The van der Waals surface area contributed by atoms with Crippen molar-refractivity contribution >= 4 is 37.9 Å². The second-order valence-corrected chi connectivity index (χ2v) is 10.3. The summed E-state index contributed by atoms with van der Waals surface area (Å²) in [5.74, 6) is -0.461. The number of aromatic nitrogens is 4. The van der Waals surface area contributed by atoms with Crippen molar-refractivity contribution in [3.8, 4) is 0 Å². The number of benzene rings is 1. The fraction of sp³-hybridized carbons (Fsp3) is 0.222. The van der Waals surface area contributed by atoms with E-state index in [4.69, 9.17) is 11.6 Å². The number of hydrogen-bond donors (Lipinski definition) is 3. The minimum Gasteiger partial charge on any atom is -0.382 e. The maximum atomic E-state index is 13.7. The lowest BCUT2D eigenvalue weighted by Crippen LogP contribution is -2.44. The van der Waals surface area contributed by atoms with Gasteiger partial charge in [-0.15, -0.1) is 9.24 Å². The zero-order chi connectivity index (χ0) is 28.3. The van der Waals surface area contributed by atoms with Crippen LogP contribution in [0.25, 0.3) is 0 Å². The molecule has 0 fully saturated rings. The van der Waals surface area contributed by atoms with Gasteiger partial charge in [-0.3, -0.25) is 14.2 Å². The number of nitrogens with one attached hydrogen (secondary N) is 3. The monoisotopic (exact) mass is 566 g/mol. The van der Waals surface area contributed by atoms with Crippen molar-refractivity contribution in [1.29, 1.82) is 0 Å². The molecule has 1 atom stereocenters. The minimum absolute atomic E-state index is 0.00447. The second kappa shape index (κ2) is 11.8. The normalized spacial score (nSPS) is 14.4. The van der Waals surface area contributed by atoms with Gasteiger partial charge >= 0.3 is 11.4 Å². The van der Waals surface area contributed by atoms with Crippen molar-refractivity contribution < 1.29 is 4.79 Å². The molecule has 3 aromatic rings. The molecule has 0 saturated carbocycles. The molecule has 10 nitrogen and oxygen atoms in total. The Morgan fingerprint density at radius 3 is 2.51 bits per heavy atom. The van der Waals surface area contributed by atoms with Gasteiger partial charge in [0, 0.05) is 34.6 Å². The van der Waals surface area contributed by atoms with Gasteiger partial charge in [0.15, 0.2) is 0 Å². The molecule has 0 bridgehead atoms. The molecule has 2 heterocycles. The van der Waals surface area contributed by atoms with Crippen LogP contribution in [-0.2, 0) is 17.9 Å². The molecule has 0 spiro atoms. The Balaban J connectivity index is 1.81. The van der Waals surface area contributed by atoms with E-state index in [1.807, 2.05) is 32.9 Å². The van der Waals surface area contributed by atoms with Crippen LogP contribution >= 0.6 is 20.8 Å². The summed E-state index contributed by atoms with van der Waals surface area (Å²) in [4.78, 5) is 58.6. The van der Waals surface area contributed by atoms with Crippen molar-refractivity contribution in [3.05, 3.63) is 119 Å². The highest BCUT2D eigenvalue weighted by molar-refractivity contribution is 7.27. The Kier molecular flexibility index (Phi) is 8.47. The maximum absolute atomic E-state index is 13.7. The summed E-state index contributed by atoms with van der Waals surface area (Å²) in [5.41, 5.74) is 0.471. The molecule has 0 radical (unpaired) electrons. The van der Waals surface area contributed by atoms with Gasteiger partial charge < -0.3 is 15.6 Å². The molecule has 1 aromatic carbocycles. The Bertz CT molecular complexity index is 1690. The van der Waals surface area contributed by atoms with Crippen molar-refractivity contribution in [3.63, 3.8) is 0 Å². The molecule has 3 N–H and O–H groups in total. The van der Waals surface area contributed by atoms with Crippen molar-refractivity contribution in [2.75, 3.05) is 5.32 Å². The fourth-order valence-electron chi connectivity index (χ4n) is 4.09. The van der Waals surface area contributed by atoms with Gasteiger partial charge in [0.05, 0.1) is 18.8 Å². The van der Waals surface area contributed by atoms with E-state index in [-0.39, 0.29) is 42.1 Å². The van der Waals surface area contributed by atoms with Gasteiger partial charge in [0.25, 0.3) is 5.56 Å². The third kappa shape index (κ3) is 6.53. The predicted octanol–water partition coefficient (Wildman–Crippen LogP) is 2.05. The molecule has 1 aliphatic carbocycles. The van der Waals surface area contributed by atoms with Gasteiger partial charge in [-0.2, -0.15) is 4.98 Å².